The molecule has 2 aromatic carbocycles. The molecular formula is C23H24ClN5O. The molecule has 1 fully saturated rings. The molecule has 30 heavy (non-hydrogen) atoms. The number of pyridine rings is 1. The third kappa shape index (κ3) is 4.49. The van der Waals surface area contributed by atoms with E-state index in [0.29, 0.717) is 27.5 Å². The van der Waals surface area contributed by atoms with Crippen LogP contribution in [0.15, 0.2) is 48.7 Å². The van der Waals surface area contributed by atoms with Crippen LogP contribution in [0.1, 0.15) is 23.6 Å². The van der Waals surface area contributed by atoms with E-state index < -0.39 is 0 Å². The van der Waals surface area contributed by atoms with Crippen molar-refractivity contribution in [1.29, 1.82) is 5.26 Å². The summed E-state index contributed by atoms with van der Waals surface area (Å²) in [5.41, 5.74) is 9.56. The minimum Gasteiger partial charge on any atom is -0.399 e. The molecule has 7 heteroatoms. The van der Waals surface area contributed by atoms with Crippen molar-refractivity contribution >= 4 is 33.9 Å². The first kappa shape index (κ1) is 20.4. The van der Waals surface area contributed by atoms with Gasteiger partial charge in [0.2, 0.25) is 0 Å². The number of anilines is 2. The average molecular weight is 422 g/mol. The number of hydrogen-bond acceptors (Lipinski definition) is 6. The van der Waals surface area contributed by atoms with Crippen molar-refractivity contribution in [1.82, 2.24) is 9.88 Å². The molecular weight excluding hydrogens is 398 g/mol. The monoisotopic (exact) mass is 421 g/mol. The van der Waals surface area contributed by atoms with Gasteiger partial charge in [-0.2, -0.15) is 5.26 Å². The Bertz CT molecular complexity index is 1060. The zero-order chi connectivity index (χ0) is 20.9. The van der Waals surface area contributed by atoms with Gasteiger partial charge in [0.1, 0.15) is 6.07 Å². The van der Waals surface area contributed by atoms with Crippen LogP contribution in [0.2, 0.25) is 5.02 Å². The molecule has 1 saturated heterocycles. The fourth-order valence-corrected chi connectivity index (χ4v) is 4.12. The van der Waals surface area contributed by atoms with Crippen LogP contribution < -0.4 is 11.1 Å². The fourth-order valence-electron chi connectivity index (χ4n) is 3.84. The van der Waals surface area contributed by atoms with E-state index in [1.54, 1.807) is 12.3 Å². The Kier molecular flexibility index (Phi) is 6.34. The molecule has 2 heterocycles. The number of nitrogens with two attached hydrogens (primary N) is 1. The molecule has 154 valence electrons. The van der Waals surface area contributed by atoms with Gasteiger partial charge in [-0.05, 0) is 24.1 Å². The molecule has 0 radical (unpaired) electrons. The lowest BCUT2D eigenvalue weighted by Gasteiger charge is -2.29. The highest BCUT2D eigenvalue weighted by atomic mass is 35.5. The molecule has 0 amide bonds. The zero-order valence-electron chi connectivity index (χ0n) is 16.6. The number of hydrogen-bond donors (Lipinski definition) is 2. The van der Waals surface area contributed by atoms with Crippen molar-refractivity contribution in [2.24, 2.45) is 0 Å². The van der Waals surface area contributed by atoms with Crippen LogP contribution in [0.3, 0.4) is 0 Å². The predicted molar refractivity (Wildman–Crippen MR) is 121 cm³/mol. The van der Waals surface area contributed by atoms with Crippen molar-refractivity contribution in [2.45, 2.75) is 12.5 Å². The van der Waals surface area contributed by atoms with Gasteiger partial charge in [-0.15, -0.1) is 0 Å². The van der Waals surface area contributed by atoms with Gasteiger partial charge in [-0.3, -0.25) is 9.88 Å². The Hall–Kier alpha value is -2.85. The van der Waals surface area contributed by atoms with Crippen LogP contribution >= 0.6 is 11.6 Å². The van der Waals surface area contributed by atoms with Crippen LogP contribution in [-0.4, -0.2) is 42.7 Å². The highest BCUT2D eigenvalue weighted by molar-refractivity contribution is 6.35. The van der Waals surface area contributed by atoms with E-state index in [1.807, 2.05) is 24.3 Å². The van der Waals surface area contributed by atoms with Crippen molar-refractivity contribution in [2.75, 3.05) is 43.9 Å². The van der Waals surface area contributed by atoms with Gasteiger partial charge >= 0.3 is 0 Å². The summed E-state index contributed by atoms with van der Waals surface area (Å²) in [5.74, 6) is 0. The second-order valence-electron chi connectivity index (χ2n) is 7.41. The van der Waals surface area contributed by atoms with Crippen LogP contribution in [0.25, 0.3) is 10.9 Å². The molecule has 0 aliphatic carbocycles. The molecule has 0 saturated carbocycles. The maximum absolute atomic E-state index is 9.72. The Morgan fingerprint density at radius 3 is 2.73 bits per heavy atom. The van der Waals surface area contributed by atoms with E-state index in [4.69, 9.17) is 22.1 Å². The topological polar surface area (TPSA) is 87.2 Å². The summed E-state index contributed by atoms with van der Waals surface area (Å²) in [6.07, 6.45) is 2.45. The number of nitriles is 1. The zero-order valence-corrected chi connectivity index (χ0v) is 17.4. The highest BCUT2D eigenvalue weighted by Gasteiger charge is 2.19. The molecule has 1 aliphatic rings. The van der Waals surface area contributed by atoms with Gasteiger partial charge < -0.3 is 15.8 Å². The smallest absolute Gasteiger partial charge is 0.103 e. The molecule has 3 N–H and O–H groups in total. The largest absolute Gasteiger partial charge is 0.399 e. The Morgan fingerprint density at radius 2 is 2.00 bits per heavy atom. The first-order valence-electron chi connectivity index (χ1n) is 10.0. The van der Waals surface area contributed by atoms with Crippen molar-refractivity contribution in [3.8, 4) is 6.07 Å². The number of nitrogens with zero attached hydrogens (tertiary/aromatic N) is 3. The molecule has 0 unspecified atom stereocenters. The van der Waals surface area contributed by atoms with E-state index in [2.05, 4.69) is 33.4 Å². The third-order valence-corrected chi connectivity index (χ3v) is 5.71. The molecule has 4 rings (SSSR count). The second kappa shape index (κ2) is 9.31. The summed E-state index contributed by atoms with van der Waals surface area (Å²) in [4.78, 5) is 6.79. The molecule has 1 aliphatic heterocycles. The van der Waals surface area contributed by atoms with Gasteiger partial charge in [0.05, 0.1) is 41.0 Å². The van der Waals surface area contributed by atoms with Gasteiger partial charge in [0.25, 0.3) is 0 Å². The first-order chi connectivity index (χ1) is 14.7. The van der Waals surface area contributed by atoms with Crippen molar-refractivity contribution < 1.29 is 4.74 Å². The minimum atomic E-state index is 0.0203. The molecule has 0 spiro atoms. The van der Waals surface area contributed by atoms with Gasteiger partial charge in [-0.25, -0.2) is 0 Å². The summed E-state index contributed by atoms with van der Waals surface area (Å²) >= 11 is 6.37. The number of morpholine rings is 1. The number of aromatic nitrogens is 1. The third-order valence-electron chi connectivity index (χ3n) is 5.43. The van der Waals surface area contributed by atoms with Crippen LogP contribution in [0.5, 0.6) is 0 Å². The van der Waals surface area contributed by atoms with Gasteiger partial charge in [0.15, 0.2) is 0 Å². The molecule has 3 aromatic rings. The Balaban J connectivity index is 1.70. The number of fused-ring (bicyclic) bond motifs is 1. The Labute approximate surface area is 181 Å². The van der Waals surface area contributed by atoms with E-state index in [0.717, 1.165) is 50.2 Å². The predicted octanol–water partition coefficient (Wildman–Crippen LogP) is 4.22. The van der Waals surface area contributed by atoms with Crippen LogP contribution in [-0.2, 0) is 4.74 Å². The molecule has 6 nitrogen and oxygen atoms in total. The van der Waals surface area contributed by atoms with E-state index >= 15 is 0 Å². The lowest BCUT2D eigenvalue weighted by atomic mass is 10.0. The number of rotatable bonds is 6. The van der Waals surface area contributed by atoms with Crippen molar-refractivity contribution in [3.05, 3.63) is 64.8 Å². The average Bonchev–Trinajstić information content (AvgIpc) is 2.78. The normalized spacial score (nSPS) is 15.6. The highest BCUT2D eigenvalue weighted by Crippen LogP contribution is 2.35. The quantitative estimate of drug-likeness (QED) is 0.579. The lowest BCUT2D eigenvalue weighted by molar-refractivity contribution is 0.0368. The minimum absolute atomic E-state index is 0.0203. The maximum Gasteiger partial charge on any atom is 0.103 e. The van der Waals surface area contributed by atoms with E-state index in [-0.39, 0.29) is 6.04 Å². The fraction of sp³-hybridized carbons (Fsp3) is 0.304. The summed E-state index contributed by atoms with van der Waals surface area (Å²) < 4.78 is 5.46. The summed E-state index contributed by atoms with van der Waals surface area (Å²) in [7, 11) is 0. The second-order valence-corrected chi connectivity index (χ2v) is 7.82. The molecule has 0 bridgehead atoms. The SMILES string of the molecule is N#Cc1cnc2c(Cl)cc(N)cc2c1N[C@H](CCN1CCOCC1)c1ccccc1. The number of halogens is 1. The van der Waals surface area contributed by atoms with E-state index in [9.17, 15) is 5.26 Å². The van der Waals surface area contributed by atoms with Gasteiger partial charge in [-0.1, -0.05) is 41.9 Å². The van der Waals surface area contributed by atoms with Crippen LogP contribution in [0.4, 0.5) is 11.4 Å². The number of benzene rings is 2. The van der Waals surface area contributed by atoms with E-state index in [1.165, 1.54) is 0 Å². The Morgan fingerprint density at radius 1 is 1.23 bits per heavy atom. The molecule has 1 atom stereocenters. The van der Waals surface area contributed by atoms with Crippen molar-refractivity contribution in [3.63, 3.8) is 0 Å². The standard InChI is InChI=1S/C23H24ClN5O/c24-20-13-18(26)12-19-22(17(14-25)15-27-23(19)20)28-21(16-4-2-1-3-5-16)6-7-29-8-10-30-11-9-29/h1-5,12-13,15,21H,6-11,26H2,(H,27,28)/t21-/m1/s1. The lowest BCUT2D eigenvalue weighted by Crippen LogP contribution is -2.37. The summed E-state index contributed by atoms with van der Waals surface area (Å²) in [5, 5.41) is 14.6. The number of nitrogens with one attached hydrogen (secondary N) is 1. The van der Waals surface area contributed by atoms with Gasteiger partial charge in [0, 0.05) is 36.9 Å². The summed E-state index contributed by atoms with van der Waals surface area (Å²) in [6.45, 7) is 4.36. The maximum atomic E-state index is 9.72. The molecule has 1 aromatic heterocycles. The number of ether oxygens (including phenoxy) is 1. The summed E-state index contributed by atoms with van der Waals surface area (Å²) in [6, 6.07) is 16.1. The first-order valence-corrected chi connectivity index (χ1v) is 10.4. The number of nitrogen functional groups attached to an aromatic ring is 1. The van der Waals surface area contributed by atoms with Crippen LogP contribution in [0, 0.1) is 11.3 Å².